The number of nitrogens with one attached hydrogen (secondary N) is 1. The fourth-order valence-electron chi connectivity index (χ4n) is 5.36. The maximum Gasteiger partial charge on any atom is 0.252 e. The zero-order chi connectivity index (χ0) is 27.3. The van der Waals surface area contributed by atoms with Crippen LogP contribution in [-0.2, 0) is 0 Å². The van der Waals surface area contributed by atoms with E-state index in [4.69, 9.17) is 0 Å². The van der Waals surface area contributed by atoms with E-state index < -0.39 is 0 Å². The molecule has 1 aliphatic heterocycles. The van der Waals surface area contributed by atoms with Crippen LogP contribution < -0.4 is 10.2 Å². The normalized spacial score (nSPS) is 15.1. The fraction of sp³-hybridized carbons (Fsp3) is 0.812. The topological polar surface area (TPSA) is 48.5 Å². The fourth-order valence-corrected chi connectivity index (χ4v) is 5.75. The molecule has 38 heavy (non-hydrogen) atoms. The summed E-state index contributed by atoms with van der Waals surface area (Å²) in [7, 11) is 0. The predicted molar refractivity (Wildman–Crippen MR) is 168 cm³/mol. The predicted octanol–water partition coefficient (Wildman–Crippen LogP) is 8.37. The minimum absolute atomic E-state index is 0.000274. The Kier molecular flexibility index (Phi) is 18.8. The van der Waals surface area contributed by atoms with Crippen molar-refractivity contribution in [3.05, 3.63) is 23.9 Å². The Morgan fingerprint density at radius 1 is 0.816 bits per heavy atom. The number of pyridine rings is 1. The number of hydrogen-bond donors (Lipinski definition) is 1. The van der Waals surface area contributed by atoms with Crippen LogP contribution in [0.25, 0.3) is 0 Å². The van der Waals surface area contributed by atoms with E-state index in [1.54, 1.807) is 6.20 Å². The summed E-state index contributed by atoms with van der Waals surface area (Å²) in [6.45, 7) is 9.48. The third-order valence-corrected chi connectivity index (χ3v) is 8.77. The molecule has 5 nitrogen and oxygen atoms in total. The Hall–Kier alpha value is -1.14. The van der Waals surface area contributed by atoms with Crippen LogP contribution in [0, 0.1) is 0 Å². The van der Waals surface area contributed by atoms with Gasteiger partial charge in [0, 0.05) is 50.3 Å². The Morgan fingerprint density at radius 2 is 1.32 bits per heavy atom. The second-order valence-electron chi connectivity index (χ2n) is 11.3. The molecular weight excluding hydrogens is 536 g/mol. The van der Waals surface area contributed by atoms with Gasteiger partial charge in [0.15, 0.2) is 0 Å². The van der Waals surface area contributed by atoms with Gasteiger partial charge < -0.3 is 10.2 Å². The summed E-state index contributed by atoms with van der Waals surface area (Å²) in [6.07, 6.45) is 24.7. The number of amides is 1. The molecule has 2 heterocycles. The maximum absolute atomic E-state index is 12.5. The van der Waals surface area contributed by atoms with E-state index in [2.05, 4.69) is 49.9 Å². The third-order valence-electron chi connectivity index (χ3n) is 8.21. The standard InChI is InChI=1S/C32H57BrN4O/c1-3-29(2)36-24-26-37(27-25-36)31-21-20-30(28-35-31)32(38)34-23-19-17-15-13-11-9-7-5-4-6-8-10-12-14-16-18-22-33/h20-21,28-29H,3-19,22-27H2,1-2H3,(H,34,38). The zero-order valence-electron chi connectivity index (χ0n) is 24.7. The van der Waals surface area contributed by atoms with Crippen LogP contribution in [0.15, 0.2) is 18.3 Å². The second kappa shape index (κ2) is 21.7. The monoisotopic (exact) mass is 592 g/mol. The lowest BCUT2D eigenvalue weighted by molar-refractivity contribution is 0.0952. The molecule has 1 fully saturated rings. The number of alkyl halides is 1. The number of halogens is 1. The Bertz CT molecular complexity index is 706. The number of aromatic nitrogens is 1. The summed E-state index contributed by atoms with van der Waals surface area (Å²) in [5.74, 6) is 0.984. The van der Waals surface area contributed by atoms with E-state index in [0.29, 0.717) is 11.6 Å². The molecular formula is C32H57BrN4O. The molecule has 6 heteroatoms. The van der Waals surface area contributed by atoms with Crippen molar-refractivity contribution in [2.24, 2.45) is 0 Å². The van der Waals surface area contributed by atoms with Crippen LogP contribution in [0.2, 0.25) is 0 Å². The van der Waals surface area contributed by atoms with Crippen molar-refractivity contribution >= 4 is 27.7 Å². The first-order valence-corrected chi connectivity index (χ1v) is 17.1. The molecule has 1 N–H and O–H groups in total. The van der Waals surface area contributed by atoms with Gasteiger partial charge in [-0.05, 0) is 38.3 Å². The van der Waals surface area contributed by atoms with Gasteiger partial charge in [-0.3, -0.25) is 9.69 Å². The van der Waals surface area contributed by atoms with E-state index in [-0.39, 0.29) is 5.91 Å². The first kappa shape index (κ1) is 33.1. The van der Waals surface area contributed by atoms with Gasteiger partial charge in [0.2, 0.25) is 0 Å². The lowest BCUT2D eigenvalue weighted by Crippen LogP contribution is -2.49. The first-order chi connectivity index (χ1) is 18.7. The molecule has 0 aromatic carbocycles. The van der Waals surface area contributed by atoms with Gasteiger partial charge in [0.05, 0.1) is 5.56 Å². The number of hydrogen-bond acceptors (Lipinski definition) is 4. The molecule has 1 saturated heterocycles. The quantitative estimate of drug-likeness (QED) is 0.108. The highest BCUT2D eigenvalue weighted by atomic mass is 79.9. The molecule has 0 saturated carbocycles. The van der Waals surface area contributed by atoms with E-state index >= 15 is 0 Å². The number of rotatable bonds is 22. The molecule has 1 amide bonds. The first-order valence-electron chi connectivity index (χ1n) is 15.9. The van der Waals surface area contributed by atoms with Crippen molar-refractivity contribution in [3.8, 4) is 0 Å². The van der Waals surface area contributed by atoms with Crippen LogP contribution in [0.3, 0.4) is 0 Å². The zero-order valence-corrected chi connectivity index (χ0v) is 26.3. The molecule has 0 bridgehead atoms. The molecule has 0 radical (unpaired) electrons. The molecule has 1 unspecified atom stereocenters. The highest BCUT2D eigenvalue weighted by Crippen LogP contribution is 2.17. The highest BCUT2D eigenvalue weighted by Gasteiger charge is 2.21. The molecule has 1 aliphatic rings. The van der Waals surface area contributed by atoms with Crippen molar-refractivity contribution in [1.82, 2.24) is 15.2 Å². The number of unbranched alkanes of at least 4 members (excludes halogenated alkanes) is 15. The molecule has 0 aliphatic carbocycles. The van der Waals surface area contributed by atoms with Gasteiger partial charge in [0.25, 0.3) is 5.91 Å². The average Bonchev–Trinajstić information content (AvgIpc) is 2.96. The van der Waals surface area contributed by atoms with Crippen LogP contribution in [0.5, 0.6) is 0 Å². The van der Waals surface area contributed by atoms with Gasteiger partial charge in [-0.15, -0.1) is 0 Å². The lowest BCUT2D eigenvalue weighted by Gasteiger charge is -2.38. The van der Waals surface area contributed by atoms with Gasteiger partial charge >= 0.3 is 0 Å². The summed E-state index contributed by atoms with van der Waals surface area (Å²) in [5, 5.41) is 4.24. The van der Waals surface area contributed by atoms with Crippen molar-refractivity contribution in [1.29, 1.82) is 0 Å². The second-order valence-corrected chi connectivity index (χ2v) is 12.1. The minimum Gasteiger partial charge on any atom is -0.354 e. The lowest BCUT2D eigenvalue weighted by atomic mass is 10.0. The summed E-state index contributed by atoms with van der Waals surface area (Å²) < 4.78 is 0. The summed E-state index contributed by atoms with van der Waals surface area (Å²) in [5.41, 5.74) is 0.664. The van der Waals surface area contributed by atoms with Gasteiger partial charge in [-0.2, -0.15) is 0 Å². The van der Waals surface area contributed by atoms with Crippen LogP contribution in [-0.4, -0.2) is 59.9 Å². The number of piperazine rings is 1. The average molecular weight is 594 g/mol. The van der Waals surface area contributed by atoms with Crippen LogP contribution in [0.4, 0.5) is 5.82 Å². The van der Waals surface area contributed by atoms with Crippen LogP contribution in [0.1, 0.15) is 133 Å². The minimum atomic E-state index is 0.000274. The highest BCUT2D eigenvalue weighted by molar-refractivity contribution is 9.09. The van der Waals surface area contributed by atoms with Crippen molar-refractivity contribution < 1.29 is 4.79 Å². The molecule has 218 valence electrons. The molecule has 0 spiro atoms. The van der Waals surface area contributed by atoms with Crippen molar-refractivity contribution in [3.63, 3.8) is 0 Å². The third kappa shape index (κ3) is 14.3. The number of carbonyl (C=O) groups excluding carboxylic acids is 1. The molecule has 1 aromatic heterocycles. The Labute approximate surface area is 243 Å². The van der Waals surface area contributed by atoms with E-state index in [0.717, 1.165) is 50.3 Å². The summed E-state index contributed by atoms with van der Waals surface area (Å²) in [6, 6.07) is 4.57. The van der Waals surface area contributed by atoms with Crippen molar-refractivity contribution in [2.45, 2.75) is 129 Å². The van der Waals surface area contributed by atoms with E-state index in [1.165, 1.54) is 103 Å². The van der Waals surface area contributed by atoms with Gasteiger partial charge in [0.1, 0.15) is 5.82 Å². The van der Waals surface area contributed by atoms with E-state index in [1.807, 2.05) is 12.1 Å². The summed E-state index contributed by atoms with van der Waals surface area (Å²) >= 11 is 3.51. The van der Waals surface area contributed by atoms with Gasteiger partial charge in [-0.25, -0.2) is 4.98 Å². The SMILES string of the molecule is CCC(C)N1CCN(c2ccc(C(=O)NCCCCCCCCCCCCCCCCCCBr)cn2)CC1. The molecule has 1 aromatic rings. The van der Waals surface area contributed by atoms with E-state index in [9.17, 15) is 4.79 Å². The number of nitrogens with zero attached hydrogens (tertiary/aromatic N) is 3. The Morgan fingerprint density at radius 3 is 1.76 bits per heavy atom. The largest absolute Gasteiger partial charge is 0.354 e. The smallest absolute Gasteiger partial charge is 0.252 e. The number of anilines is 1. The van der Waals surface area contributed by atoms with Gasteiger partial charge in [-0.1, -0.05) is 113 Å². The van der Waals surface area contributed by atoms with Crippen LogP contribution >= 0.6 is 15.9 Å². The Balaban J connectivity index is 1.40. The number of carbonyl (C=O) groups is 1. The summed E-state index contributed by atoms with van der Waals surface area (Å²) in [4.78, 5) is 22.0. The maximum atomic E-state index is 12.5. The molecule has 1 atom stereocenters. The van der Waals surface area contributed by atoms with Crippen molar-refractivity contribution in [2.75, 3.05) is 43.0 Å². The molecule has 2 rings (SSSR count).